The van der Waals surface area contributed by atoms with Crippen molar-refractivity contribution in [1.82, 2.24) is 9.88 Å². The number of oxime groups is 1. The third-order valence-corrected chi connectivity index (χ3v) is 10.1. The number of nitro groups is 2. The minimum absolute atomic E-state index is 0.0989. The number of carbonyl (C=O) groups excluding carboxylic acids is 1. The molecule has 1 amide bonds. The molecule has 0 unspecified atom stereocenters. The van der Waals surface area contributed by atoms with Gasteiger partial charge in [0.15, 0.2) is 0 Å². The van der Waals surface area contributed by atoms with E-state index in [1.165, 1.54) is 13.0 Å². The van der Waals surface area contributed by atoms with E-state index in [1.54, 1.807) is 0 Å². The van der Waals surface area contributed by atoms with Crippen LogP contribution in [-0.4, -0.2) is 73.5 Å². The Labute approximate surface area is 283 Å². The van der Waals surface area contributed by atoms with Gasteiger partial charge in [0.05, 0.1) is 26.2 Å². The maximum atomic E-state index is 13.8. The molecule has 0 saturated carbocycles. The summed E-state index contributed by atoms with van der Waals surface area (Å²) in [4.78, 5) is 58.8. The molecule has 0 atom stereocenters. The molecule has 21 nitrogen and oxygen atoms in total. The number of carboxylic acid groups (broad SMARTS) is 1. The predicted octanol–water partition coefficient (Wildman–Crippen LogP) is 0.512. The lowest BCUT2D eigenvalue weighted by atomic mass is 10.3. The van der Waals surface area contributed by atoms with Gasteiger partial charge >= 0.3 is 12.1 Å². The zero-order valence-electron chi connectivity index (χ0n) is 25.6. The molecule has 0 aliphatic rings. The average Bonchev–Trinajstić information content (AvgIpc) is 3.03. The molecule has 3 rings (SSSR count). The van der Waals surface area contributed by atoms with Gasteiger partial charge in [-0.1, -0.05) is 0 Å². The lowest BCUT2D eigenvalue weighted by Crippen LogP contribution is -2.42. The molecule has 1 heterocycles. The first-order valence-corrected chi connectivity index (χ1v) is 16.2. The summed E-state index contributed by atoms with van der Waals surface area (Å²) in [6.07, 6.45) is -5.08. The number of halogens is 3. The summed E-state index contributed by atoms with van der Waals surface area (Å²) in [5.74, 6) is -3.86. The number of benzene rings is 2. The number of hydrogen-bond acceptors (Lipinski definition) is 13. The number of non-ortho nitro benzene ring substituents is 2. The first-order chi connectivity index (χ1) is 23.5. The van der Waals surface area contributed by atoms with Crippen LogP contribution in [0.1, 0.15) is 5.69 Å². The second-order valence-electron chi connectivity index (χ2n) is 9.46. The van der Waals surface area contributed by atoms with Crippen LogP contribution in [0.5, 0.6) is 0 Å². The highest BCUT2D eigenvalue weighted by molar-refractivity contribution is 8.10. The van der Waals surface area contributed by atoms with Crippen molar-refractivity contribution in [3.63, 3.8) is 0 Å². The quantitative estimate of drug-likeness (QED) is 0.0605. The number of nitro benzene ring substituents is 2. The highest BCUT2D eigenvalue weighted by Crippen LogP contribution is 2.30. The zero-order chi connectivity index (χ0) is 38.9. The predicted molar refractivity (Wildman–Crippen MR) is 167 cm³/mol. The molecule has 6 N–H and O–H groups in total. The number of nitrogens with one attached hydrogen (secondary N) is 1. The van der Waals surface area contributed by atoms with Crippen molar-refractivity contribution in [3.05, 3.63) is 96.9 Å². The molecule has 3 aromatic rings. The molecule has 51 heavy (non-hydrogen) atoms. The van der Waals surface area contributed by atoms with Gasteiger partial charge in [-0.3, -0.25) is 29.8 Å². The molecule has 0 spiro atoms. The second kappa shape index (κ2) is 16.4. The molecule has 26 heteroatoms. The van der Waals surface area contributed by atoms with Gasteiger partial charge in [0.2, 0.25) is 11.9 Å². The molecular weight excluding hydrogens is 741 g/mol. The zero-order valence-corrected chi connectivity index (χ0v) is 27.2. The lowest BCUT2D eigenvalue weighted by molar-refractivity contribution is -0.385. The van der Waals surface area contributed by atoms with Crippen LogP contribution < -0.4 is 26.1 Å². The van der Waals surface area contributed by atoms with Crippen LogP contribution in [0.15, 0.2) is 80.4 Å². The second-order valence-corrected chi connectivity index (χ2v) is 13.3. The normalized spacial score (nSPS) is 11.3. The van der Waals surface area contributed by atoms with Gasteiger partial charge in [0.25, 0.3) is 37.0 Å². The Kier molecular flexibility index (Phi) is 13.1. The SMILES string of the molecule is Cc1ccc(N(S(=O)(=O)c2ccc([N+](=O)[O-])cc2)S(=O)(=O)c2ccc([N+](=O)[O-])cc2)c(=O)n1CC(=O)NCCON=C(N)N.O=C(O)C(F)(F)F. The third-order valence-electron chi connectivity index (χ3n) is 5.93. The molecular formula is C25H25F3N8O13S2. The molecule has 0 saturated heterocycles. The number of anilines is 1. The number of hydrogen-bond donors (Lipinski definition) is 4. The number of carbonyl (C=O) groups is 2. The number of pyridine rings is 1. The van der Waals surface area contributed by atoms with Gasteiger partial charge in [0.1, 0.15) is 18.8 Å². The minimum Gasteiger partial charge on any atom is -0.475 e. The largest absolute Gasteiger partial charge is 0.490 e. The van der Waals surface area contributed by atoms with Crippen LogP contribution >= 0.6 is 0 Å². The van der Waals surface area contributed by atoms with Crippen LogP contribution in [0.3, 0.4) is 0 Å². The van der Waals surface area contributed by atoms with E-state index in [2.05, 4.69) is 10.5 Å². The summed E-state index contributed by atoms with van der Waals surface area (Å²) >= 11 is 0. The van der Waals surface area contributed by atoms with Gasteiger partial charge in [-0.25, -0.2) is 21.6 Å². The standard InChI is InChI=1S/C23H24N8O11S2.C2HF3O2/c1-15-2-11-20(22(33)28(15)14-21(32)26-12-13-42-27-23(24)25)31(43(38,39)18-7-3-16(4-8-18)29(34)35)44(40,41)19-9-5-17(6-10-19)30(36)37;3-2(4,5)1(6)7/h2-11H,12-14H2,1H3,(H,26,32)(H4,24,25,27);(H,6,7). The molecule has 2 aromatic carbocycles. The van der Waals surface area contributed by atoms with Crippen molar-refractivity contribution < 1.29 is 59.4 Å². The highest BCUT2D eigenvalue weighted by atomic mass is 32.3. The van der Waals surface area contributed by atoms with E-state index in [9.17, 15) is 59.8 Å². The number of alkyl halides is 3. The van der Waals surface area contributed by atoms with E-state index in [-0.39, 0.29) is 28.5 Å². The first-order valence-electron chi connectivity index (χ1n) is 13.3. The summed E-state index contributed by atoms with van der Waals surface area (Å²) in [5, 5.41) is 34.9. The number of aliphatic carboxylic acids is 1. The van der Waals surface area contributed by atoms with Crippen LogP contribution in [0.2, 0.25) is 0 Å². The molecule has 0 bridgehead atoms. The fourth-order valence-electron chi connectivity index (χ4n) is 3.61. The lowest BCUT2D eigenvalue weighted by Gasteiger charge is -2.24. The molecule has 0 aliphatic carbocycles. The number of sulfonamides is 2. The molecule has 0 aliphatic heterocycles. The molecule has 1 aromatic heterocycles. The number of carboxylic acids is 1. The summed E-state index contributed by atoms with van der Waals surface area (Å²) in [6, 6.07) is 8.46. The van der Waals surface area contributed by atoms with E-state index in [4.69, 9.17) is 26.2 Å². The van der Waals surface area contributed by atoms with Gasteiger partial charge < -0.3 is 31.3 Å². The number of nitrogens with zero attached hydrogens (tertiary/aromatic N) is 5. The third kappa shape index (κ3) is 10.6. The fourth-order valence-corrected chi connectivity index (χ4v) is 7.30. The van der Waals surface area contributed by atoms with Gasteiger partial charge in [-0.05, 0) is 48.5 Å². The maximum Gasteiger partial charge on any atom is 0.490 e. The molecule has 0 radical (unpaired) electrons. The maximum absolute atomic E-state index is 13.8. The average molecular weight is 767 g/mol. The molecule has 0 fully saturated rings. The number of aromatic nitrogens is 1. The van der Waals surface area contributed by atoms with Gasteiger partial charge in [-0.2, -0.15) is 16.9 Å². The highest BCUT2D eigenvalue weighted by Gasteiger charge is 2.40. The van der Waals surface area contributed by atoms with Crippen molar-refractivity contribution >= 4 is 54.9 Å². The number of nitrogens with two attached hydrogens (primary N) is 2. The first kappa shape index (κ1) is 40.9. The van der Waals surface area contributed by atoms with E-state index < -0.39 is 86.9 Å². The van der Waals surface area contributed by atoms with E-state index in [1.807, 2.05) is 0 Å². The van der Waals surface area contributed by atoms with Crippen molar-refractivity contribution in [2.75, 3.05) is 16.9 Å². The minimum atomic E-state index is -5.21. The van der Waals surface area contributed by atoms with Crippen LogP contribution in [-0.2, 0) is 41.0 Å². The Bertz CT molecular complexity index is 2020. The molecule has 276 valence electrons. The van der Waals surface area contributed by atoms with Gasteiger partial charge in [0, 0.05) is 30.0 Å². The van der Waals surface area contributed by atoms with Gasteiger partial charge in [-0.15, -0.1) is 0 Å². The van der Waals surface area contributed by atoms with Crippen molar-refractivity contribution in [3.8, 4) is 0 Å². The summed E-state index contributed by atoms with van der Waals surface area (Å²) in [5.41, 5.74) is 7.23. The van der Waals surface area contributed by atoms with Crippen molar-refractivity contribution in [2.24, 2.45) is 16.6 Å². The van der Waals surface area contributed by atoms with Crippen molar-refractivity contribution in [2.45, 2.75) is 29.4 Å². The Morgan fingerprint density at radius 2 is 1.35 bits per heavy atom. The fraction of sp³-hybridized carbons (Fsp3) is 0.200. The summed E-state index contributed by atoms with van der Waals surface area (Å²) < 4.78 is 87.7. The Morgan fingerprint density at radius 3 is 1.73 bits per heavy atom. The topological polar surface area (TPSA) is 320 Å². The number of rotatable bonds is 13. The van der Waals surface area contributed by atoms with E-state index in [0.717, 1.165) is 59.2 Å². The number of aryl methyl sites for hydroxylation is 1. The Hall–Kier alpha value is -6.31. The Balaban J connectivity index is 0.00000116. The summed E-state index contributed by atoms with van der Waals surface area (Å²) in [6.45, 7) is 0.481. The van der Waals surface area contributed by atoms with Crippen LogP contribution in [0.25, 0.3) is 0 Å². The van der Waals surface area contributed by atoms with Crippen LogP contribution in [0, 0.1) is 27.2 Å². The smallest absolute Gasteiger partial charge is 0.475 e. The number of guanidine groups is 1. The monoisotopic (exact) mass is 766 g/mol. The Morgan fingerprint density at radius 1 is 0.922 bits per heavy atom. The van der Waals surface area contributed by atoms with Crippen molar-refractivity contribution in [1.29, 1.82) is 0 Å². The van der Waals surface area contributed by atoms with Crippen LogP contribution in [0.4, 0.5) is 30.2 Å². The number of amides is 1. The summed E-state index contributed by atoms with van der Waals surface area (Å²) in [7, 11) is -10.4. The van der Waals surface area contributed by atoms with E-state index in [0.29, 0.717) is 0 Å². The van der Waals surface area contributed by atoms with E-state index >= 15 is 0 Å².